The van der Waals surface area contributed by atoms with Crippen molar-refractivity contribution in [3.63, 3.8) is 0 Å². The Morgan fingerprint density at radius 2 is 1.66 bits per heavy atom. The first-order valence-electron chi connectivity index (χ1n) is 9.84. The number of furan rings is 1. The van der Waals surface area contributed by atoms with E-state index in [1.54, 1.807) is 39.0 Å². The smallest absolute Gasteiger partial charge is 0.340 e. The number of esters is 2. The van der Waals surface area contributed by atoms with E-state index in [0.29, 0.717) is 11.4 Å². The first-order valence-corrected chi connectivity index (χ1v) is 9.84. The number of ketones is 1. The SMILES string of the molecule is CCOC(=O)c1c(C)[nH]c(C)c1C(=O)COC(=O)c1ccccc1NC(=O)c1ccco1. The predicted octanol–water partition coefficient (Wildman–Crippen LogP) is 3.69. The van der Waals surface area contributed by atoms with Crippen LogP contribution in [0.4, 0.5) is 5.69 Å². The van der Waals surface area contributed by atoms with Crippen molar-refractivity contribution in [3.8, 4) is 0 Å². The number of aromatic amines is 1. The molecule has 0 unspecified atom stereocenters. The van der Waals surface area contributed by atoms with Crippen LogP contribution in [0.25, 0.3) is 0 Å². The maximum atomic E-state index is 12.8. The van der Waals surface area contributed by atoms with Crippen molar-refractivity contribution in [2.45, 2.75) is 20.8 Å². The minimum atomic E-state index is -0.809. The number of aryl methyl sites for hydroxylation is 2. The van der Waals surface area contributed by atoms with Gasteiger partial charge < -0.3 is 24.2 Å². The minimum Gasteiger partial charge on any atom is -0.462 e. The van der Waals surface area contributed by atoms with Crippen LogP contribution in [0.5, 0.6) is 0 Å². The highest BCUT2D eigenvalue weighted by atomic mass is 16.5. The number of ether oxygens (including phenoxy) is 2. The molecule has 2 N–H and O–H groups in total. The molecule has 0 saturated carbocycles. The number of H-pyrrole nitrogens is 1. The Kier molecular flexibility index (Phi) is 6.89. The van der Waals surface area contributed by atoms with Gasteiger partial charge >= 0.3 is 11.9 Å². The third kappa shape index (κ3) is 4.77. The van der Waals surface area contributed by atoms with Gasteiger partial charge in [-0.3, -0.25) is 9.59 Å². The lowest BCUT2D eigenvalue weighted by Gasteiger charge is -2.10. The van der Waals surface area contributed by atoms with Crippen LogP contribution < -0.4 is 5.32 Å². The average Bonchev–Trinajstić information content (AvgIpc) is 3.40. The third-order valence-electron chi connectivity index (χ3n) is 4.61. The topological polar surface area (TPSA) is 128 Å². The van der Waals surface area contributed by atoms with Gasteiger partial charge in [0.05, 0.1) is 35.2 Å². The normalized spacial score (nSPS) is 10.5. The second-order valence-corrected chi connectivity index (χ2v) is 6.82. The summed E-state index contributed by atoms with van der Waals surface area (Å²) in [5, 5.41) is 2.58. The molecule has 0 bridgehead atoms. The summed E-state index contributed by atoms with van der Waals surface area (Å²) in [7, 11) is 0. The molecule has 0 radical (unpaired) electrons. The summed E-state index contributed by atoms with van der Waals surface area (Å²) in [6.07, 6.45) is 1.36. The van der Waals surface area contributed by atoms with E-state index >= 15 is 0 Å². The van der Waals surface area contributed by atoms with E-state index in [1.807, 2.05) is 0 Å². The Hall–Kier alpha value is -4.14. The van der Waals surface area contributed by atoms with Crippen molar-refractivity contribution >= 4 is 29.3 Å². The second-order valence-electron chi connectivity index (χ2n) is 6.82. The van der Waals surface area contributed by atoms with Gasteiger partial charge in [-0.1, -0.05) is 12.1 Å². The summed E-state index contributed by atoms with van der Waals surface area (Å²) in [5.41, 5.74) is 1.46. The number of hydrogen-bond acceptors (Lipinski definition) is 7. The molecule has 9 nitrogen and oxygen atoms in total. The van der Waals surface area contributed by atoms with Gasteiger partial charge in [-0.25, -0.2) is 9.59 Å². The molecule has 0 fully saturated rings. The number of rotatable bonds is 8. The third-order valence-corrected chi connectivity index (χ3v) is 4.61. The molecule has 1 aromatic carbocycles. The molecule has 2 aromatic heterocycles. The Morgan fingerprint density at radius 1 is 0.938 bits per heavy atom. The summed E-state index contributed by atoms with van der Waals surface area (Å²) >= 11 is 0. The zero-order valence-electron chi connectivity index (χ0n) is 17.8. The number of carbonyl (C=O) groups excluding carboxylic acids is 4. The van der Waals surface area contributed by atoms with Crippen molar-refractivity contribution in [3.05, 3.63) is 76.5 Å². The lowest BCUT2D eigenvalue weighted by Crippen LogP contribution is -2.19. The molecule has 0 atom stereocenters. The Labute approximate surface area is 183 Å². The van der Waals surface area contributed by atoms with Gasteiger partial charge in [0, 0.05) is 11.4 Å². The van der Waals surface area contributed by atoms with Gasteiger partial charge in [0.2, 0.25) is 5.78 Å². The summed E-state index contributed by atoms with van der Waals surface area (Å²) in [4.78, 5) is 52.8. The van der Waals surface area contributed by atoms with Crippen LogP contribution >= 0.6 is 0 Å². The van der Waals surface area contributed by atoms with Gasteiger partial charge in [-0.2, -0.15) is 0 Å². The van der Waals surface area contributed by atoms with E-state index < -0.39 is 30.2 Å². The molecule has 0 spiro atoms. The van der Waals surface area contributed by atoms with Crippen molar-refractivity contribution in [1.29, 1.82) is 0 Å². The molecule has 0 aliphatic carbocycles. The number of para-hydroxylation sites is 1. The number of nitrogens with one attached hydrogen (secondary N) is 2. The molecular weight excluding hydrogens is 416 g/mol. The Morgan fingerprint density at radius 3 is 2.34 bits per heavy atom. The van der Waals surface area contributed by atoms with Gasteiger partial charge in [0.25, 0.3) is 5.91 Å². The molecule has 9 heteroatoms. The fourth-order valence-corrected chi connectivity index (χ4v) is 3.23. The molecule has 32 heavy (non-hydrogen) atoms. The second kappa shape index (κ2) is 9.78. The van der Waals surface area contributed by atoms with Crippen LogP contribution in [0.3, 0.4) is 0 Å². The van der Waals surface area contributed by atoms with E-state index in [9.17, 15) is 19.2 Å². The number of anilines is 1. The minimum absolute atomic E-state index is 0.0628. The molecule has 1 amide bonds. The summed E-state index contributed by atoms with van der Waals surface area (Å²) in [6.45, 7) is 4.53. The highest BCUT2D eigenvalue weighted by Gasteiger charge is 2.26. The molecule has 0 aliphatic heterocycles. The zero-order chi connectivity index (χ0) is 23.3. The van der Waals surface area contributed by atoms with Gasteiger partial charge in [0.15, 0.2) is 12.4 Å². The van der Waals surface area contributed by atoms with Gasteiger partial charge in [0.1, 0.15) is 0 Å². The fourth-order valence-electron chi connectivity index (χ4n) is 3.23. The van der Waals surface area contributed by atoms with Crippen molar-refractivity contribution in [2.75, 3.05) is 18.5 Å². The van der Waals surface area contributed by atoms with Crippen LogP contribution in [0.15, 0.2) is 47.1 Å². The maximum absolute atomic E-state index is 12.8. The van der Waals surface area contributed by atoms with E-state index in [1.165, 1.54) is 24.5 Å². The molecule has 0 aliphatic rings. The van der Waals surface area contributed by atoms with E-state index in [4.69, 9.17) is 13.9 Å². The van der Waals surface area contributed by atoms with E-state index in [-0.39, 0.29) is 34.7 Å². The number of benzene rings is 1. The van der Waals surface area contributed by atoms with Crippen molar-refractivity contribution < 1.29 is 33.1 Å². The van der Waals surface area contributed by atoms with Gasteiger partial charge in [-0.15, -0.1) is 0 Å². The van der Waals surface area contributed by atoms with Gasteiger partial charge in [-0.05, 0) is 45.0 Å². The highest BCUT2D eigenvalue weighted by Crippen LogP contribution is 2.22. The standard InChI is InChI=1S/C23H22N2O7/c1-4-30-23(29)20-14(3)24-13(2)19(20)17(26)12-32-22(28)15-8-5-6-9-16(15)25-21(27)18-10-7-11-31-18/h5-11,24H,4,12H2,1-3H3,(H,25,27). The number of carbonyl (C=O) groups is 4. The summed E-state index contributed by atoms with van der Waals surface area (Å²) < 4.78 is 15.3. The maximum Gasteiger partial charge on any atom is 0.340 e. The molecule has 3 rings (SSSR count). The molecule has 0 saturated heterocycles. The first-order chi connectivity index (χ1) is 15.3. The zero-order valence-corrected chi connectivity index (χ0v) is 17.8. The molecule has 166 valence electrons. The Bertz CT molecular complexity index is 1160. The van der Waals surface area contributed by atoms with E-state index in [0.717, 1.165) is 0 Å². The van der Waals surface area contributed by atoms with Crippen LogP contribution in [0, 0.1) is 13.8 Å². The summed E-state index contributed by atoms with van der Waals surface area (Å²) in [6, 6.07) is 9.27. The van der Waals surface area contributed by atoms with Crippen LogP contribution in [0.2, 0.25) is 0 Å². The number of aromatic nitrogens is 1. The monoisotopic (exact) mass is 438 g/mol. The lowest BCUT2D eigenvalue weighted by molar-refractivity contribution is 0.0473. The average molecular weight is 438 g/mol. The number of hydrogen-bond donors (Lipinski definition) is 2. The van der Waals surface area contributed by atoms with Crippen LogP contribution in [0.1, 0.15) is 59.9 Å². The molecule has 2 heterocycles. The largest absolute Gasteiger partial charge is 0.462 e. The molecule has 3 aromatic rings. The lowest BCUT2D eigenvalue weighted by atomic mass is 10.1. The Balaban J connectivity index is 1.74. The van der Waals surface area contributed by atoms with E-state index in [2.05, 4.69) is 10.3 Å². The first kappa shape index (κ1) is 22.5. The van der Waals surface area contributed by atoms with Crippen molar-refractivity contribution in [2.24, 2.45) is 0 Å². The predicted molar refractivity (Wildman–Crippen MR) is 114 cm³/mol. The van der Waals surface area contributed by atoms with Crippen LogP contribution in [-0.2, 0) is 9.47 Å². The highest BCUT2D eigenvalue weighted by molar-refractivity contribution is 6.10. The summed E-state index contributed by atoms with van der Waals surface area (Å²) in [5.74, 6) is -2.45. The quantitative estimate of drug-likeness (QED) is 0.405. The number of amides is 1. The van der Waals surface area contributed by atoms with Crippen molar-refractivity contribution in [1.82, 2.24) is 4.98 Å². The molecular formula is C23H22N2O7. The fraction of sp³-hybridized carbons (Fsp3) is 0.217. The number of Topliss-reactive ketones (excluding diaryl/α,β-unsaturated/α-hetero) is 1. The van der Waals surface area contributed by atoms with Crippen LogP contribution in [-0.4, -0.2) is 41.8 Å².